The van der Waals surface area contributed by atoms with Crippen molar-refractivity contribution in [3.05, 3.63) is 0 Å². The minimum absolute atomic E-state index is 0. The molecule has 4 N–H and O–H groups in total. The molecule has 0 radical (unpaired) electrons. The van der Waals surface area contributed by atoms with Crippen LogP contribution in [0.3, 0.4) is 0 Å². The highest BCUT2D eigenvalue weighted by atomic mass is 35.5. The zero-order valence-corrected chi connectivity index (χ0v) is 14.4. The molecule has 24 heavy (non-hydrogen) atoms. The Kier molecular flexibility index (Phi) is 6.60. The summed E-state index contributed by atoms with van der Waals surface area (Å²) in [6, 6.07) is -1.04. The van der Waals surface area contributed by atoms with Crippen molar-refractivity contribution in [2.75, 3.05) is 19.7 Å². The molecule has 3 rings (SSSR count). The maximum absolute atomic E-state index is 12.6. The Hall–Kier alpha value is -1.18. The van der Waals surface area contributed by atoms with Crippen LogP contribution in [0.25, 0.3) is 0 Å². The summed E-state index contributed by atoms with van der Waals surface area (Å²) in [4.78, 5) is 36.2. The highest BCUT2D eigenvalue weighted by Crippen LogP contribution is 2.37. The summed E-state index contributed by atoms with van der Waals surface area (Å²) in [6.07, 6.45) is 4.28. The monoisotopic (exact) mass is 359 g/mol. The first-order valence-electron chi connectivity index (χ1n) is 8.55. The second kappa shape index (κ2) is 8.27. The zero-order valence-electron chi connectivity index (χ0n) is 13.6. The van der Waals surface area contributed by atoms with Crippen molar-refractivity contribution in [2.24, 2.45) is 17.8 Å². The number of fused-ring (bicyclic) bond motifs is 1. The molecule has 3 fully saturated rings. The van der Waals surface area contributed by atoms with Crippen LogP contribution in [0, 0.1) is 17.8 Å². The number of aliphatic hydroxyl groups is 1. The highest BCUT2D eigenvalue weighted by molar-refractivity contribution is 5.92. The maximum Gasteiger partial charge on any atom is 0.238 e. The van der Waals surface area contributed by atoms with Crippen LogP contribution in [0.15, 0.2) is 0 Å². The van der Waals surface area contributed by atoms with E-state index in [4.69, 9.17) is 5.11 Å². The van der Waals surface area contributed by atoms with E-state index in [-0.39, 0.29) is 42.6 Å². The van der Waals surface area contributed by atoms with Crippen molar-refractivity contribution in [3.8, 4) is 0 Å². The average molecular weight is 360 g/mol. The lowest BCUT2D eigenvalue weighted by atomic mass is 9.92. The number of nitrogens with one attached hydrogen (secondary N) is 3. The van der Waals surface area contributed by atoms with E-state index in [1.807, 2.05) is 0 Å². The first-order chi connectivity index (χ1) is 11.1. The van der Waals surface area contributed by atoms with Gasteiger partial charge in [-0.3, -0.25) is 14.4 Å². The number of carbonyl (C=O) groups excluding carboxylic acids is 3. The Morgan fingerprint density at radius 1 is 1.29 bits per heavy atom. The Labute approximate surface area is 147 Å². The third-order valence-corrected chi connectivity index (χ3v) is 5.57. The van der Waals surface area contributed by atoms with Gasteiger partial charge >= 0.3 is 0 Å². The third-order valence-electron chi connectivity index (χ3n) is 5.57. The molecule has 0 spiro atoms. The molecule has 0 aromatic heterocycles. The van der Waals surface area contributed by atoms with Crippen LogP contribution in [0.2, 0.25) is 0 Å². The molecule has 136 valence electrons. The number of hydrogen-bond acceptors (Lipinski definition) is 5. The van der Waals surface area contributed by atoms with Crippen molar-refractivity contribution in [2.45, 2.75) is 44.2 Å². The minimum Gasteiger partial charge on any atom is -0.389 e. The lowest BCUT2D eigenvalue weighted by molar-refractivity contribution is -0.132. The van der Waals surface area contributed by atoms with Gasteiger partial charge in [-0.2, -0.15) is 0 Å². The van der Waals surface area contributed by atoms with E-state index in [1.54, 1.807) is 0 Å². The molecule has 5 atom stereocenters. The van der Waals surface area contributed by atoms with Crippen molar-refractivity contribution in [3.63, 3.8) is 0 Å². The second-order valence-corrected chi connectivity index (χ2v) is 6.94. The van der Waals surface area contributed by atoms with Gasteiger partial charge in [0.2, 0.25) is 11.8 Å². The van der Waals surface area contributed by atoms with E-state index in [0.717, 1.165) is 25.8 Å². The number of halogens is 1. The topological polar surface area (TPSA) is 108 Å². The molecule has 3 aliphatic rings. The summed E-state index contributed by atoms with van der Waals surface area (Å²) in [5.74, 6) is -0.0620. The fourth-order valence-corrected chi connectivity index (χ4v) is 4.27. The maximum atomic E-state index is 12.6. The van der Waals surface area contributed by atoms with Gasteiger partial charge in [0.25, 0.3) is 0 Å². The molecule has 2 saturated heterocycles. The Bertz CT molecular complexity index is 502. The van der Waals surface area contributed by atoms with E-state index in [0.29, 0.717) is 24.8 Å². The van der Waals surface area contributed by atoms with Crippen molar-refractivity contribution < 1.29 is 19.5 Å². The highest BCUT2D eigenvalue weighted by Gasteiger charge is 2.43. The third kappa shape index (κ3) is 3.90. The van der Waals surface area contributed by atoms with E-state index < -0.39 is 18.4 Å². The molecule has 0 aromatic rings. The van der Waals surface area contributed by atoms with Gasteiger partial charge in [0.1, 0.15) is 6.61 Å². The normalized spacial score (nSPS) is 32.6. The summed E-state index contributed by atoms with van der Waals surface area (Å²) < 4.78 is 0. The number of hydrogen-bond donors (Lipinski definition) is 4. The predicted octanol–water partition coefficient (Wildman–Crippen LogP) is -0.631. The summed E-state index contributed by atoms with van der Waals surface area (Å²) in [6.45, 7) is 0.835. The zero-order chi connectivity index (χ0) is 16.4. The van der Waals surface area contributed by atoms with Gasteiger partial charge in [0.15, 0.2) is 5.78 Å². The molecule has 1 aliphatic carbocycles. The van der Waals surface area contributed by atoms with Crippen LogP contribution in [-0.2, 0) is 14.4 Å². The number of aliphatic hydroxyl groups excluding tert-OH is 1. The summed E-state index contributed by atoms with van der Waals surface area (Å²) in [5.41, 5.74) is 0. The van der Waals surface area contributed by atoms with Crippen molar-refractivity contribution >= 4 is 30.0 Å². The largest absolute Gasteiger partial charge is 0.389 e. The predicted molar refractivity (Wildman–Crippen MR) is 89.6 cm³/mol. The average Bonchev–Trinajstić information content (AvgIpc) is 3.23. The smallest absolute Gasteiger partial charge is 0.238 e. The van der Waals surface area contributed by atoms with Gasteiger partial charge in [-0.15, -0.1) is 12.4 Å². The molecular formula is C16H26ClN3O4. The second-order valence-electron chi connectivity index (χ2n) is 6.94. The molecule has 2 amide bonds. The van der Waals surface area contributed by atoms with Gasteiger partial charge in [-0.25, -0.2) is 0 Å². The molecule has 0 aromatic carbocycles. The van der Waals surface area contributed by atoms with Gasteiger partial charge in [-0.1, -0.05) is 6.42 Å². The Balaban J connectivity index is 0.00000208. The first kappa shape index (κ1) is 19.1. The fraction of sp³-hybridized carbons (Fsp3) is 0.812. The van der Waals surface area contributed by atoms with Crippen LogP contribution < -0.4 is 16.0 Å². The standard InChI is InChI=1S/C16H25N3O4.ClH/c20-8-13(21)12(6-9-4-5-17-15(9)22)19-16(23)14-11-3-1-2-10(11)7-18-14;/h9-12,14,18,20H,1-8H2,(H,17,22)(H,19,23);1H/t9-,10?,11?,12-,14?;/m0./s1. The SMILES string of the molecule is Cl.O=C(N[C@@H](C[C@@H]1CCNC1=O)C(=O)CO)C1NCC2CCCC21. The molecule has 3 unspecified atom stereocenters. The number of ketones is 1. The summed E-state index contributed by atoms with van der Waals surface area (Å²) >= 11 is 0. The molecule has 1 saturated carbocycles. The van der Waals surface area contributed by atoms with Crippen LogP contribution in [0.5, 0.6) is 0 Å². The van der Waals surface area contributed by atoms with E-state index in [9.17, 15) is 14.4 Å². The molecule has 0 bridgehead atoms. The van der Waals surface area contributed by atoms with E-state index in [2.05, 4.69) is 16.0 Å². The summed E-state index contributed by atoms with van der Waals surface area (Å²) in [5, 5.41) is 17.9. The summed E-state index contributed by atoms with van der Waals surface area (Å²) in [7, 11) is 0. The minimum atomic E-state index is -0.788. The van der Waals surface area contributed by atoms with Crippen molar-refractivity contribution in [1.29, 1.82) is 0 Å². The number of rotatable bonds is 6. The fourth-order valence-electron chi connectivity index (χ4n) is 4.27. The van der Waals surface area contributed by atoms with E-state index in [1.165, 1.54) is 0 Å². The molecule has 2 aliphatic heterocycles. The van der Waals surface area contributed by atoms with Gasteiger partial charge in [-0.05, 0) is 44.1 Å². The lowest BCUT2D eigenvalue weighted by Gasteiger charge is -2.23. The van der Waals surface area contributed by atoms with Gasteiger partial charge in [0, 0.05) is 12.5 Å². The molecule has 2 heterocycles. The number of carbonyl (C=O) groups is 3. The Morgan fingerprint density at radius 3 is 2.75 bits per heavy atom. The van der Waals surface area contributed by atoms with Crippen LogP contribution in [0.1, 0.15) is 32.1 Å². The van der Waals surface area contributed by atoms with E-state index >= 15 is 0 Å². The van der Waals surface area contributed by atoms with Crippen molar-refractivity contribution in [1.82, 2.24) is 16.0 Å². The lowest BCUT2D eigenvalue weighted by Crippen LogP contribution is -2.51. The first-order valence-corrected chi connectivity index (χ1v) is 8.55. The quantitative estimate of drug-likeness (QED) is 0.505. The molecular weight excluding hydrogens is 334 g/mol. The molecule has 7 nitrogen and oxygen atoms in total. The van der Waals surface area contributed by atoms with Crippen LogP contribution >= 0.6 is 12.4 Å². The van der Waals surface area contributed by atoms with Gasteiger partial charge in [0.05, 0.1) is 12.1 Å². The van der Waals surface area contributed by atoms with Crippen LogP contribution in [0.4, 0.5) is 0 Å². The van der Waals surface area contributed by atoms with Crippen LogP contribution in [-0.4, -0.2) is 54.5 Å². The number of amides is 2. The van der Waals surface area contributed by atoms with Gasteiger partial charge < -0.3 is 21.1 Å². The number of Topliss-reactive ketones (excluding diaryl/α,β-unsaturated/α-hetero) is 1. The molecule has 8 heteroatoms. The Morgan fingerprint density at radius 2 is 2.08 bits per heavy atom.